The van der Waals surface area contributed by atoms with E-state index in [0.29, 0.717) is 41.9 Å². The number of nitrogens with one attached hydrogen (secondary N) is 1. The fourth-order valence-electron chi connectivity index (χ4n) is 2.61. The van der Waals surface area contributed by atoms with Crippen molar-refractivity contribution in [2.24, 2.45) is 0 Å². The fraction of sp³-hybridized carbons (Fsp3) is 0.409. The van der Waals surface area contributed by atoms with Gasteiger partial charge in [-0.15, -0.1) is 0 Å². The topological polar surface area (TPSA) is 47.6 Å². The van der Waals surface area contributed by atoms with Crippen molar-refractivity contribution >= 4 is 34.8 Å². The quantitative estimate of drug-likeness (QED) is 0.384. The van der Waals surface area contributed by atoms with E-state index >= 15 is 0 Å². The van der Waals surface area contributed by atoms with Crippen LogP contribution in [0.25, 0.3) is 0 Å². The molecule has 6 heteroatoms. The normalized spacial score (nSPS) is 10.5. The third kappa shape index (κ3) is 8.41. The van der Waals surface area contributed by atoms with Gasteiger partial charge in [-0.2, -0.15) is 0 Å². The van der Waals surface area contributed by atoms with Crippen LogP contribution in [0, 0.1) is 0 Å². The molecule has 0 heterocycles. The number of rotatable bonds is 12. The van der Waals surface area contributed by atoms with Gasteiger partial charge in [0.25, 0.3) is 0 Å². The summed E-state index contributed by atoms with van der Waals surface area (Å²) in [6, 6.07) is 12.5. The number of carbonyl (C=O) groups excluding carboxylic acids is 1. The van der Waals surface area contributed by atoms with Crippen molar-refractivity contribution in [3.63, 3.8) is 0 Å². The first-order valence-corrected chi connectivity index (χ1v) is 10.4. The molecule has 0 radical (unpaired) electrons. The Morgan fingerprint density at radius 2 is 1.79 bits per heavy atom. The van der Waals surface area contributed by atoms with Crippen molar-refractivity contribution in [3.8, 4) is 11.5 Å². The molecule has 0 atom stereocenters. The monoisotopic (exact) mass is 423 g/mol. The molecular formula is C22H27Cl2NO3. The van der Waals surface area contributed by atoms with Crippen molar-refractivity contribution < 1.29 is 14.3 Å². The van der Waals surface area contributed by atoms with Crippen molar-refractivity contribution in [2.45, 2.75) is 45.4 Å². The number of halogens is 2. The van der Waals surface area contributed by atoms with Gasteiger partial charge in [0, 0.05) is 23.2 Å². The molecule has 0 aliphatic heterocycles. The summed E-state index contributed by atoms with van der Waals surface area (Å²) < 4.78 is 11.3. The van der Waals surface area contributed by atoms with Crippen LogP contribution in [0.2, 0.25) is 10.0 Å². The van der Waals surface area contributed by atoms with Crippen LogP contribution in [-0.2, 0) is 4.79 Å². The van der Waals surface area contributed by atoms with Crippen LogP contribution >= 0.6 is 23.2 Å². The Balaban J connectivity index is 1.68. The first-order valence-electron chi connectivity index (χ1n) is 9.69. The van der Waals surface area contributed by atoms with Crippen LogP contribution in [0.15, 0.2) is 42.5 Å². The second-order valence-electron chi connectivity index (χ2n) is 6.51. The highest BCUT2D eigenvalue weighted by Crippen LogP contribution is 2.27. The number of hydrogen-bond acceptors (Lipinski definition) is 3. The number of amides is 1. The highest BCUT2D eigenvalue weighted by molar-refractivity contribution is 6.35. The number of unbranched alkanes of at least 4 members (excludes halogenated alkanes) is 3. The highest BCUT2D eigenvalue weighted by atomic mass is 35.5. The summed E-state index contributed by atoms with van der Waals surface area (Å²) in [5.41, 5.74) is 0.734. The van der Waals surface area contributed by atoms with E-state index in [1.54, 1.807) is 18.2 Å². The van der Waals surface area contributed by atoms with Gasteiger partial charge in [-0.1, -0.05) is 55.5 Å². The summed E-state index contributed by atoms with van der Waals surface area (Å²) in [7, 11) is 0. The molecule has 2 rings (SSSR count). The Morgan fingerprint density at radius 3 is 2.57 bits per heavy atom. The van der Waals surface area contributed by atoms with E-state index in [-0.39, 0.29) is 5.91 Å². The molecule has 1 N–H and O–H groups in total. The van der Waals surface area contributed by atoms with Crippen LogP contribution in [0.1, 0.15) is 45.4 Å². The predicted molar refractivity (Wildman–Crippen MR) is 116 cm³/mol. The smallest absolute Gasteiger partial charge is 0.224 e. The second-order valence-corrected chi connectivity index (χ2v) is 7.36. The van der Waals surface area contributed by atoms with E-state index in [0.717, 1.165) is 17.9 Å². The molecule has 152 valence electrons. The molecule has 0 fully saturated rings. The maximum absolute atomic E-state index is 12.1. The van der Waals surface area contributed by atoms with Crippen LogP contribution < -0.4 is 14.8 Å². The van der Waals surface area contributed by atoms with E-state index in [4.69, 9.17) is 32.7 Å². The van der Waals surface area contributed by atoms with Crippen molar-refractivity contribution in [3.05, 3.63) is 52.5 Å². The number of ether oxygens (including phenoxy) is 2. The number of carbonyl (C=O) groups is 1. The number of anilines is 1. The SMILES string of the molecule is CCCCCCOc1cccc(NC(=O)CCCOc2ccc(Cl)cc2Cl)c1. The van der Waals surface area contributed by atoms with Gasteiger partial charge in [0.05, 0.1) is 18.2 Å². The molecule has 0 aliphatic rings. The van der Waals surface area contributed by atoms with Crippen LogP contribution in [0.5, 0.6) is 11.5 Å². The summed E-state index contributed by atoms with van der Waals surface area (Å²) >= 11 is 11.9. The standard InChI is InChI=1S/C22H27Cl2NO3/c1-2-3-4-5-13-27-19-9-6-8-18(16-19)25-22(26)10-7-14-28-21-12-11-17(23)15-20(21)24/h6,8-9,11-12,15-16H,2-5,7,10,13-14H2,1H3,(H,25,26). The van der Waals surface area contributed by atoms with Gasteiger partial charge in [0.2, 0.25) is 5.91 Å². The lowest BCUT2D eigenvalue weighted by Gasteiger charge is -2.10. The molecular weight excluding hydrogens is 397 g/mol. The minimum absolute atomic E-state index is 0.0640. The molecule has 1 amide bonds. The van der Waals surface area contributed by atoms with E-state index in [1.807, 2.05) is 24.3 Å². The van der Waals surface area contributed by atoms with Gasteiger partial charge < -0.3 is 14.8 Å². The summed E-state index contributed by atoms with van der Waals surface area (Å²) in [6.45, 7) is 3.28. The van der Waals surface area contributed by atoms with Gasteiger partial charge in [-0.25, -0.2) is 0 Å². The van der Waals surface area contributed by atoms with Gasteiger partial charge in [0.15, 0.2) is 0 Å². The summed E-state index contributed by atoms with van der Waals surface area (Å²) in [5, 5.41) is 3.91. The van der Waals surface area contributed by atoms with E-state index in [9.17, 15) is 4.79 Å². The Labute approximate surface area is 177 Å². The molecule has 0 aliphatic carbocycles. The molecule has 0 bridgehead atoms. The predicted octanol–water partition coefficient (Wildman–Crippen LogP) is 6.75. The Morgan fingerprint density at radius 1 is 0.964 bits per heavy atom. The minimum Gasteiger partial charge on any atom is -0.494 e. The minimum atomic E-state index is -0.0640. The Bertz CT molecular complexity index is 752. The van der Waals surface area contributed by atoms with E-state index in [2.05, 4.69) is 12.2 Å². The highest BCUT2D eigenvalue weighted by Gasteiger charge is 2.06. The Kier molecular flexibility index (Phi) is 10.0. The van der Waals surface area contributed by atoms with Crippen LogP contribution in [-0.4, -0.2) is 19.1 Å². The van der Waals surface area contributed by atoms with Crippen LogP contribution in [0.4, 0.5) is 5.69 Å². The maximum atomic E-state index is 12.1. The second kappa shape index (κ2) is 12.5. The molecule has 0 saturated carbocycles. The molecule has 2 aromatic carbocycles. The van der Waals surface area contributed by atoms with Crippen molar-refractivity contribution in [1.82, 2.24) is 0 Å². The number of hydrogen-bond donors (Lipinski definition) is 1. The lowest BCUT2D eigenvalue weighted by atomic mass is 10.2. The average Bonchev–Trinajstić information content (AvgIpc) is 2.67. The summed E-state index contributed by atoms with van der Waals surface area (Å²) in [5.74, 6) is 1.27. The zero-order valence-corrected chi connectivity index (χ0v) is 17.7. The zero-order valence-electron chi connectivity index (χ0n) is 16.2. The summed E-state index contributed by atoms with van der Waals surface area (Å²) in [6.07, 6.45) is 5.59. The molecule has 0 spiro atoms. The molecule has 0 aromatic heterocycles. The van der Waals surface area contributed by atoms with Gasteiger partial charge in [0.1, 0.15) is 11.5 Å². The van der Waals surface area contributed by atoms with Crippen molar-refractivity contribution in [2.75, 3.05) is 18.5 Å². The largest absolute Gasteiger partial charge is 0.494 e. The molecule has 0 saturated heterocycles. The van der Waals surface area contributed by atoms with E-state index < -0.39 is 0 Å². The first-order chi connectivity index (χ1) is 13.6. The molecule has 2 aromatic rings. The van der Waals surface area contributed by atoms with E-state index in [1.165, 1.54) is 19.3 Å². The maximum Gasteiger partial charge on any atom is 0.224 e. The third-order valence-electron chi connectivity index (χ3n) is 4.08. The molecule has 4 nitrogen and oxygen atoms in total. The zero-order chi connectivity index (χ0) is 20.2. The van der Waals surface area contributed by atoms with Crippen LogP contribution in [0.3, 0.4) is 0 Å². The average molecular weight is 424 g/mol. The molecule has 0 unspecified atom stereocenters. The summed E-state index contributed by atoms with van der Waals surface area (Å²) in [4.78, 5) is 12.1. The first kappa shape index (κ1) is 22.4. The fourth-order valence-corrected chi connectivity index (χ4v) is 3.08. The lowest BCUT2D eigenvalue weighted by Crippen LogP contribution is -2.13. The van der Waals surface area contributed by atoms with Gasteiger partial charge >= 0.3 is 0 Å². The van der Waals surface area contributed by atoms with Gasteiger partial charge in [-0.3, -0.25) is 4.79 Å². The Hall–Kier alpha value is -1.91. The molecule has 28 heavy (non-hydrogen) atoms. The van der Waals surface area contributed by atoms with Gasteiger partial charge in [-0.05, 0) is 43.2 Å². The third-order valence-corrected chi connectivity index (χ3v) is 4.61. The number of benzene rings is 2. The van der Waals surface area contributed by atoms with Crippen molar-refractivity contribution in [1.29, 1.82) is 0 Å². The lowest BCUT2D eigenvalue weighted by molar-refractivity contribution is -0.116.